The quantitative estimate of drug-likeness (QED) is 0.546. The number of aliphatic hydroxyl groups is 2. The van der Waals surface area contributed by atoms with E-state index in [9.17, 15) is 0 Å². The third-order valence-corrected chi connectivity index (χ3v) is 4.26. The molecule has 148 valence electrons. The van der Waals surface area contributed by atoms with Crippen LogP contribution in [-0.4, -0.2) is 48.9 Å². The largest absolute Gasteiger partial charge is 0.394 e. The maximum Gasteiger partial charge on any atom is 0.0626 e. The average molecular weight is 387 g/mol. The first kappa shape index (κ1) is 20.5. The molecule has 5 heteroatoms. The van der Waals surface area contributed by atoms with Crippen LogP contribution in [0.2, 0.25) is 0 Å². The van der Waals surface area contributed by atoms with E-state index in [4.69, 9.17) is 10.2 Å². The number of nitrogens with zero attached hydrogens (tertiary/aromatic N) is 3. The van der Waals surface area contributed by atoms with Gasteiger partial charge in [0.2, 0.25) is 0 Å². The number of benzene rings is 3. The first-order chi connectivity index (χ1) is 14.3. The van der Waals surface area contributed by atoms with Gasteiger partial charge in [-0.15, -0.1) is 0 Å². The van der Waals surface area contributed by atoms with Crippen molar-refractivity contribution in [1.82, 2.24) is 0 Å². The van der Waals surface area contributed by atoms with E-state index in [2.05, 4.69) is 51.3 Å². The van der Waals surface area contributed by atoms with Gasteiger partial charge in [-0.1, -0.05) is 42.5 Å². The molecular formula is C24H25N3O2. The van der Waals surface area contributed by atoms with Crippen LogP contribution in [0.4, 0.5) is 17.1 Å². The average Bonchev–Trinajstić information content (AvgIpc) is 2.77. The van der Waals surface area contributed by atoms with Gasteiger partial charge in [0, 0.05) is 29.5 Å². The number of aliphatic hydroxyl groups excluding tert-OH is 2. The van der Waals surface area contributed by atoms with E-state index in [1.807, 2.05) is 42.5 Å². The second-order valence-corrected chi connectivity index (χ2v) is 6.37. The number of rotatable bonds is 9. The minimum atomic E-state index is 0.0527. The molecule has 2 N–H and O–H groups in total. The van der Waals surface area contributed by atoms with Crippen LogP contribution in [0.5, 0.6) is 0 Å². The van der Waals surface area contributed by atoms with Crippen molar-refractivity contribution in [3.05, 3.63) is 90.0 Å². The van der Waals surface area contributed by atoms with E-state index < -0.39 is 0 Å². The van der Waals surface area contributed by atoms with Gasteiger partial charge in [-0.25, -0.2) is 0 Å². The summed E-state index contributed by atoms with van der Waals surface area (Å²) in [5.41, 5.74) is 5.13. The Morgan fingerprint density at radius 3 is 1.41 bits per heavy atom. The van der Waals surface area contributed by atoms with E-state index in [-0.39, 0.29) is 13.2 Å². The van der Waals surface area contributed by atoms with Gasteiger partial charge >= 0.3 is 0 Å². The Kier molecular flexibility index (Phi) is 7.69. The summed E-state index contributed by atoms with van der Waals surface area (Å²) in [6.07, 6.45) is 3.54. The number of hydrogen-bond acceptors (Lipinski definition) is 5. The summed E-state index contributed by atoms with van der Waals surface area (Å²) in [6.45, 7) is 0.922. The Bertz CT molecular complexity index is 861. The molecule has 0 unspecified atom stereocenters. The summed E-state index contributed by atoms with van der Waals surface area (Å²) in [6, 6.07) is 26.5. The molecule has 29 heavy (non-hydrogen) atoms. The Labute approximate surface area is 171 Å². The van der Waals surface area contributed by atoms with Gasteiger partial charge in [-0.05, 0) is 47.5 Å². The fraction of sp³-hybridized carbons (Fsp3) is 0.167. The highest BCUT2D eigenvalue weighted by atomic mass is 16.3. The van der Waals surface area contributed by atoms with Gasteiger partial charge < -0.3 is 15.1 Å². The number of hydrogen-bond donors (Lipinski definition) is 2. The summed E-state index contributed by atoms with van der Waals surface area (Å²) in [5, 5.41) is 17.7. The first-order valence-electron chi connectivity index (χ1n) is 9.58. The second-order valence-electron chi connectivity index (χ2n) is 6.37. The lowest BCUT2D eigenvalue weighted by Gasteiger charge is -2.25. The highest BCUT2D eigenvalue weighted by Gasteiger charge is 2.11. The molecule has 0 aromatic heterocycles. The van der Waals surface area contributed by atoms with Crippen molar-refractivity contribution in [3.8, 4) is 0 Å². The van der Waals surface area contributed by atoms with Crippen molar-refractivity contribution in [2.75, 3.05) is 31.2 Å². The van der Waals surface area contributed by atoms with E-state index in [1.165, 1.54) is 0 Å². The molecule has 0 saturated heterocycles. The predicted octanol–water partition coefficient (Wildman–Crippen LogP) is 3.98. The molecule has 3 aromatic rings. The summed E-state index contributed by atoms with van der Waals surface area (Å²) >= 11 is 0. The standard InChI is InChI=1S/C24H25N3O2/c28-16-14-25-18-20-6-10-23(11-7-20)27(22-4-2-1-3-5-22)24-12-8-21(9-13-24)19-26-15-17-29/h1-13,18-19,28-29H,14-17H2. The highest BCUT2D eigenvalue weighted by molar-refractivity contribution is 5.84. The highest BCUT2D eigenvalue weighted by Crippen LogP contribution is 2.34. The molecule has 0 bridgehead atoms. The third-order valence-electron chi connectivity index (χ3n) is 4.26. The molecule has 3 aromatic carbocycles. The fourth-order valence-electron chi connectivity index (χ4n) is 2.90. The Balaban J connectivity index is 1.90. The zero-order valence-electron chi connectivity index (χ0n) is 16.2. The fourth-order valence-corrected chi connectivity index (χ4v) is 2.90. The lowest BCUT2D eigenvalue weighted by atomic mass is 10.1. The molecule has 3 rings (SSSR count). The molecular weight excluding hydrogens is 362 g/mol. The normalized spacial score (nSPS) is 11.4. The lowest BCUT2D eigenvalue weighted by molar-refractivity contribution is 0.307. The summed E-state index contributed by atoms with van der Waals surface area (Å²) < 4.78 is 0. The molecule has 0 radical (unpaired) electrons. The van der Waals surface area contributed by atoms with Crippen molar-refractivity contribution in [3.63, 3.8) is 0 Å². The summed E-state index contributed by atoms with van der Waals surface area (Å²) in [7, 11) is 0. The number of anilines is 3. The summed E-state index contributed by atoms with van der Waals surface area (Å²) in [4.78, 5) is 10.5. The Morgan fingerprint density at radius 2 is 1.00 bits per heavy atom. The van der Waals surface area contributed by atoms with E-state index >= 15 is 0 Å². The maximum atomic E-state index is 8.85. The third kappa shape index (κ3) is 5.85. The van der Waals surface area contributed by atoms with Crippen LogP contribution in [0.1, 0.15) is 11.1 Å². The minimum Gasteiger partial charge on any atom is -0.394 e. The first-order valence-corrected chi connectivity index (χ1v) is 9.58. The van der Waals surface area contributed by atoms with Crippen LogP contribution < -0.4 is 4.90 Å². The van der Waals surface area contributed by atoms with Crippen LogP contribution >= 0.6 is 0 Å². The van der Waals surface area contributed by atoms with Crippen molar-refractivity contribution < 1.29 is 10.2 Å². The molecule has 0 fully saturated rings. The van der Waals surface area contributed by atoms with E-state index in [0.717, 1.165) is 28.2 Å². The molecule has 0 aliphatic carbocycles. The Hall–Kier alpha value is -3.28. The summed E-state index contributed by atoms with van der Waals surface area (Å²) in [5.74, 6) is 0. The van der Waals surface area contributed by atoms with Crippen molar-refractivity contribution in [2.24, 2.45) is 9.98 Å². The van der Waals surface area contributed by atoms with Crippen molar-refractivity contribution >= 4 is 29.5 Å². The van der Waals surface area contributed by atoms with E-state index in [1.54, 1.807) is 12.4 Å². The van der Waals surface area contributed by atoms with Gasteiger partial charge in [0.15, 0.2) is 0 Å². The molecule has 5 nitrogen and oxygen atoms in total. The van der Waals surface area contributed by atoms with Gasteiger partial charge in [0.25, 0.3) is 0 Å². The lowest BCUT2D eigenvalue weighted by Crippen LogP contribution is -2.09. The van der Waals surface area contributed by atoms with Crippen LogP contribution in [0.15, 0.2) is 88.8 Å². The molecule has 0 heterocycles. The number of para-hydroxylation sites is 1. The second kappa shape index (κ2) is 10.9. The van der Waals surface area contributed by atoms with Gasteiger partial charge in [-0.3, -0.25) is 9.98 Å². The molecule has 0 aliphatic heterocycles. The molecule has 0 spiro atoms. The van der Waals surface area contributed by atoms with Crippen LogP contribution in [0.25, 0.3) is 0 Å². The smallest absolute Gasteiger partial charge is 0.0626 e. The van der Waals surface area contributed by atoms with Crippen LogP contribution in [0.3, 0.4) is 0 Å². The predicted molar refractivity (Wildman–Crippen MR) is 120 cm³/mol. The Morgan fingerprint density at radius 1 is 0.586 bits per heavy atom. The monoisotopic (exact) mass is 387 g/mol. The van der Waals surface area contributed by atoms with E-state index in [0.29, 0.717) is 13.1 Å². The maximum absolute atomic E-state index is 8.85. The topological polar surface area (TPSA) is 68.4 Å². The van der Waals surface area contributed by atoms with Gasteiger partial charge in [-0.2, -0.15) is 0 Å². The molecule has 0 amide bonds. The molecule has 0 saturated carbocycles. The van der Waals surface area contributed by atoms with Crippen molar-refractivity contribution in [1.29, 1.82) is 0 Å². The van der Waals surface area contributed by atoms with Gasteiger partial charge in [0.05, 0.1) is 26.3 Å². The zero-order valence-corrected chi connectivity index (χ0v) is 16.2. The van der Waals surface area contributed by atoms with Crippen LogP contribution in [-0.2, 0) is 0 Å². The number of aliphatic imine (C=N–C) groups is 2. The van der Waals surface area contributed by atoms with Gasteiger partial charge in [0.1, 0.15) is 0 Å². The van der Waals surface area contributed by atoms with Crippen LogP contribution in [0, 0.1) is 0 Å². The zero-order chi connectivity index (χ0) is 20.3. The molecule has 0 atom stereocenters. The molecule has 0 aliphatic rings. The van der Waals surface area contributed by atoms with Crippen molar-refractivity contribution in [2.45, 2.75) is 0 Å². The minimum absolute atomic E-state index is 0.0527. The SMILES string of the molecule is OCCN=Cc1ccc(N(c2ccccc2)c2ccc(C=NCCO)cc2)cc1.